The molecule has 0 radical (unpaired) electrons. The third kappa shape index (κ3) is 3.27. The number of hydrogen-bond donors (Lipinski definition) is 1. The molecule has 0 aliphatic carbocycles. The summed E-state index contributed by atoms with van der Waals surface area (Å²) < 4.78 is 5.26. The fourth-order valence-corrected chi connectivity index (χ4v) is 3.17. The van der Waals surface area contributed by atoms with Gasteiger partial charge in [0, 0.05) is 17.2 Å². The highest BCUT2D eigenvalue weighted by Gasteiger charge is 2.33. The molecule has 0 aliphatic rings. The lowest BCUT2D eigenvalue weighted by Crippen LogP contribution is -2.31. The zero-order valence-electron chi connectivity index (χ0n) is 15.6. The predicted molar refractivity (Wildman–Crippen MR) is 103 cm³/mol. The summed E-state index contributed by atoms with van der Waals surface area (Å²) in [7, 11) is 1.64. The van der Waals surface area contributed by atoms with E-state index in [1.165, 1.54) is 11.8 Å². The quantitative estimate of drug-likeness (QED) is 0.718. The monoisotopic (exact) mass is 348 g/mol. The number of aromatic hydroxyl groups is 1. The van der Waals surface area contributed by atoms with Crippen LogP contribution in [0.5, 0.6) is 11.5 Å². The average Bonchev–Trinajstić information content (AvgIpc) is 2.68. The van der Waals surface area contributed by atoms with E-state index < -0.39 is 0 Å². The van der Waals surface area contributed by atoms with Gasteiger partial charge in [-0.25, -0.2) is 0 Å². The number of rotatable bonds is 5. The number of pyridine rings is 2. The Morgan fingerprint density at radius 3 is 2.27 bits per heavy atom. The van der Waals surface area contributed by atoms with Gasteiger partial charge in [0.25, 0.3) is 0 Å². The largest absolute Gasteiger partial charge is 0.506 e. The first-order chi connectivity index (χ1) is 12.4. The molecular formula is C22H24N2O2. The van der Waals surface area contributed by atoms with Crippen LogP contribution in [0.2, 0.25) is 0 Å². The lowest BCUT2D eigenvalue weighted by molar-refractivity contribution is 0.393. The normalized spacial score (nSPS) is 13.4. The number of nitrogens with zero attached hydrogens (tertiary/aromatic N) is 2. The number of benzene rings is 1. The van der Waals surface area contributed by atoms with Gasteiger partial charge in [-0.3, -0.25) is 9.97 Å². The van der Waals surface area contributed by atoms with Crippen LogP contribution in [0.4, 0.5) is 0 Å². The molecule has 4 heteroatoms. The highest BCUT2D eigenvalue weighted by molar-refractivity contribution is 5.64. The summed E-state index contributed by atoms with van der Waals surface area (Å²) >= 11 is 0. The molecule has 4 nitrogen and oxygen atoms in total. The van der Waals surface area contributed by atoms with Crippen LogP contribution >= 0.6 is 0 Å². The second-order valence-corrected chi connectivity index (χ2v) is 6.95. The van der Waals surface area contributed by atoms with Gasteiger partial charge in [-0.15, -0.1) is 0 Å². The molecule has 1 unspecified atom stereocenters. The van der Waals surface area contributed by atoms with Gasteiger partial charge in [0.2, 0.25) is 0 Å². The van der Waals surface area contributed by atoms with Crippen LogP contribution in [-0.4, -0.2) is 22.2 Å². The van der Waals surface area contributed by atoms with Crippen molar-refractivity contribution in [1.29, 1.82) is 0 Å². The highest BCUT2D eigenvalue weighted by Crippen LogP contribution is 2.39. The molecule has 1 atom stereocenters. The fourth-order valence-electron chi connectivity index (χ4n) is 3.17. The van der Waals surface area contributed by atoms with Crippen molar-refractivity contribution in [3.8, 4) is 22.6 Å². The number of methoxy groups -OCH3 is 1. The van der Waals surface area contributed by atoms with E-state index in [2.05, 4.69) is 55.0 Å². The molecule has 1 N–H and O–H groups in total. The third-order valence-corrected chi connectivity index (χ3v) is 5.20. The first-order valence-electron chi connectivity index (χ1n) is 8.70. The molecule has 0 saturated carbocycles. The van der Waals surface area contributed by atoms with E-state index >= 15 is 0 Å². The smallest absolute Gasteiger partial charge is 0.137 e. The van der Waals surface area contributed by atoms with Gasteiger partial charge in [-0.1, -0.05) is 38.1 Å². The average molecular weight is 348 g/mol. The van der Waals surface area contributed by atoms with Gasteiger partial charge in [0.1, 0.15) is 11.5 Å². The van der Waals surface area contributed by atoms with Gasteiger partial charge in [-0.2, -0.15) is 0 Å². The Morgan fingerprint density at radius 1 is 0.962 bits per heavy atom. The Bertz CT molecular complexity index is 873. The molecule has 0 amide bonds. The molecule has 3 rings (SSSR count). The van der Waals surface area contributed by atoms with Crippen molar-refractivity contribution in [2.45, 2.75) is 26.2 Å². The van der Waals surface area contributed by atoms with E-state index in [0.29, 0.717) is 5.92 Å². The van der Waals surface area contributed by atoms with Gasteiger partial charge in [0.05, 0.1) is 25.2 Å². The minimum absolute atomic E-state index is 0.181. The van der Waals surface area contributed by atoms with Crippen molar-refractivity contribution < 1.29 is 9.84 Å². The van der Waals surface area contributed by atoms with Gasteiger partial charge in [0.15, 0.2) is 0 Å². The van der Waals surface area contributed by atoms with Crippen molar-refractivity contribution in [1.82, 2.24) is 9.97 Å². The molecule has 3 aromatic rings. The summed E-state index contributed by atoms with van der Waals surface area (Å²) in [6, 6.07) is 14.1. The van der Waals surface area contributed by atoms with E-state index in [4.69, 9.17) is 4.74 Å². The molecule has 0 saturated heterocycles. The second kappa shape index (κ2) is 7.16. The lowest BCUT2D eigenvalue weighted by Gasteiger charge is -2.34. The Labute approximate surface area is 154 Å². The standard InChI is InChI=1S/C22H24N2O2/c1-15(2)22(3,21-10-9-19(25)13-24-21)18-7-5-16(6-8-18)17-11-20(26-4)14-23-12-17/h5-15,25H,1-4H3. The third-order valence-electron chi connectivity index (χ3n) is 5.20. The Hall–Kier alpha value is -2.88. The number of ether oxygens (including phenoxy) is 1. The van der Waals surface area contributed by atoms with Crippen LogP contribution in [0.1, 0.15) is 32.0 Å². The first-order valence-corrected chi connectivity index (χ1v) is 8.70. The molecular weight excluding hydrogens is 324 g/mol. The molecule has 0 bridgehead atoms. The summed E-state index contributed by atoms with van der Waals surface area (Å²) in [5.41, 5.74) is 3.99. The fraction of sp³-hybridized carbons (Fsp3) is 0.273. The molecule has 1 aromatic carbocycles. The van der Waals surface area contributed by atoms with Gasteiger partial charge >= 0.3 is 0 Å². The van der Waals surface area contributed by atoms with Crippen molar-refractivity contribution in [2.75, 3.05) is 7.11 Å². The molecule has 0 spiro atoms. The summed E-state index contributed by atoms with van der Waals surface area (Å²) in [6.07, 6.45) is 5.04. The summed E-state index contributed by atoms with van der Waals surface area (Å²) in [5, 5.41) is 9.56. The van der Waals surface area contributed by atoms with E-state index in [-0.39, 0.29) is 11.2 Å². The maximum atomic E-state index is 9.56. The Balaban J connectivity index is 2.00. The first kappa shape index (κ1) is 17.9. The highest BCUT2D eigenvalue weighted by atomic mass is 16.5. The number of hydrogen-bond acceptors (Lipinski definition) is 4. The van der Waals surface area contributed by atoms with Crippen LogP contribution < -0.4 is 4.74 Å². The zero-order chi connectivity index (χ0) is 18.7. The van der Waals surface area contributed by atoms with Gasteiger partial charge in [-0.05, 0) is 42.2 Å². The minimum atomic E-state index is -0.251. The van der Waals surface area contributed by atoms with E-state index in [1.54, 1.807) is 19.4 Å². The minimum Gasteiger partial charge on any atom is -0.506 e. The molecule has 2 heterocycles. The van der Waals surface area contributed by atoms with Crippen LogP contribution in [0.25, 0.3) is 11.1 Å². The summed E-state index contributed by atoms with van der Waals surface area (Å²) in [4.78, 5) is 8.70. The van der Waals surface area contributed by atoms with E-state index in [1.807, 2.05) is 18.3 Å². The maximum Gasteiger partial charge on any atom is 0.137 e. The lowest BCUT2D eigenvalue weighted by atomic mass is 9.70. The van der Waals surface area contributed by atoms with Crippen molar-refractivity contribution in [2.24, 2.45) is 5.92 Å². The maximum absolute atomic E-state index is 9.56. The molecule has 0 fully saturated rings. The summed E-state index contributed by atoms with van der Waals surface area (Å²) in [5.74, 6) is 1.26. The molecule has 134 valence electrons. The van der Waals surface area contributed by atoms with Crippen molar-refractivity contribution in [3.05, 3.63) is 72.3 Å². The molecule has 26 heavy (non-hydrogen) atoms. The SMILES string of the molecule is COc1cncc(-c2ccc(C(C)(c3ccc(O)cn3)C(C)C)cc2)c1. The predicted octanol–water partition coefficient (Wildman–Crippen LogP) is 4.82. The zero-order valence-corrected chi connectivity index (χ0v) is 15.6. The summed E-state index contributed by atoms with van der Waals surface area (Å²) in [6.45, 7) is 6.57. The van der Waals surface area contributed by atoms with Crippen molar-refractivity contribution >= 4 is 0 Å². The Kier molecular flexibility index (Phi) is 4.94. The second-order valence-electron chi connectivity index (χ2n) is 6.95. The van der Waals surface area contributed by atoms with E-state index in [0.717, 1.165) is 22.6 Å². The topological polar surface area (TPSA) is 55.2 Å². The Morgan fingerprint density at radius 2 is 1.69 bits per heavy atom. The van der Waals surface area contributed by atoms with Crippen molar-refractivity contribution in [3.63, 3.8) is 0 Å². The van der Waals surface area contributed by atoms with Gasteiger partial charge < -0.3 is 9.84 Å². The van der Waals surface area contributed by atoms with Crippen LogP contribution in [0, 0.1) is 5.92 Å². The van der Waals surface area contributed by atoms with Crippen LogP contribution in [0.3, 0.4) is 0 Å². The number of aromatic nitrogens is 2. The molecule has 0 aliphatic heterocycles. The molecule has 2 aromatic heterocycles. The van der Waals surface area contributed by atoms with E-state index in [9.17, 15) is 5.11 Å². The van der Waals surface area contributed by atoms with Crippen LogP contribution in [0.15, 0.2) is 61.1 Å². The van der Waals surface area contributed by atoms with Crippen LogP contribution in [-0.2, 0) is 5.41 Å².